The molecule has 0 saturated heterocycles. The van der Waals surface area contributed by atoms with Crippen LogP contribution in [-0.4, -0.2) is 25.6 Å². The minimum atomic E-state index is -0.500. The molecule has 1 aromatic heterocycles. The highest BCUT2D eigenvalue weighted by molar-refractivity contribution is 7.15. The van der Waals surface area contributed by atoms with Gasteiger partial charge in [0.25, 0.3) is 5.91 Å². The maximum atomic E-state index is 12.7. The number of ether oxygens (including phenoxy) is 2. The predicted octanol–water partition coefficient (Wildman–Crippen LogP) is 5.99. The molecule has 0 saturated carbocycles. The van der Waals surface area contributed by atoms with Gasteiger partial charge in [-0.15, -0.1) is 11.3 Å². The smallest absolute Gasteiger partial charge is 0.341 e. The summed E-state index contributed by atoms with van der Waals surface area (Å²) in [6.07, 6.45) is 0. The monoisotopic (exact) mass is 445 g/mol. The van der Waals surface area contributed by atoms with E-state index in [1.54, 1.807) is 0 Å². The number of anilines is 1. The van der Waals surface area contributed by atoms with E-state index < -0.39 is 5.97 Å². The van der Waals surface area contributed by atoms with Crippen LogP contribution in [-0.2, 0) is 9.53 Å². The Bertz CT molecular complexity index is 1300. The molecule has 0 radical (unpaired) electrons. The fourth-order valence-corrected chi connectivity index (χ4v) is 4.49. The number of methoxy groups -OCH3 is 1. The van der Waals surface area contributed by atoms with Crippen LogP contribution in [0.2, 0.25) is 0 Å². The Balaban J connectivity index is 1.60. The lowest BCUT2D eigenvalue weighted by Crippen LogP contribution is -2.21. The molecule has 0 unspecified atom stereocenters. The van der Waals surface area contributed by atoms with Crippen molar-refractivity contribution < 1.29 is 19.1 Å². The summed E-state index contributed by atoms with van der Waals surface area (Å²) in [5.74, 6) is -0.224. The van der Waals surface area contributed by atoms with E-state index in [-0.39, 0.29) is 12.5 Å². The normalized spacial score (nSPS) is 10.7. The molecule has 162 valence electrons. The zero-order valence-corrected chi connectivity index (χ0v) is 18.9. The number of rotatable bonds is 6. The molecule has 0 aliphatic heterocycles. The van der Waals surface area contributed by atoms with Crippen LogP contribution in [0, 0.1) is 13.8 Å². The average molecular weight is 446 g/mol. The van der Waals surface area contributed by atoms with Crippen molar-refractivity contribution in [3.63, 3.8) is 0 Å². The summed E-state index contributed by atoms with van der Waals surface area (Å²) in [5, 5.41) is 7.21. The Morgan fingerprint density at radius 1 is 0.938 bits per heavy atom. The molecule has 0 aliphatic carbocycles. The quantitative estimate of drug-likeness (QED) is 0.370. The van der Waals surface area contributed by atoms with Crippen molar-refractivity contribution in [3.8, 4) is 16.9 Å². The predicted molar refractivity (Wildman–Crippen MR) is 129 cm³/mol. The number of nitrogens with one attached hydrogen (secondary N) is 1. The van der Waals surface area contributed by atoms with Crippen molar-refractivity contribution in [2.75, 3.05) is 19.0 Å². The third-order valence-electron chi connectivity index (χ3n) is 5.36. The van der Waals surface area contributed by atoms with Gasteiger partial charge in [0.15, 0.2) is 6.61 Å². The summed E-state index contributed by atoms with van der Waals surface area (Å²) >= 11 is 1.29. The second kappa shape index (κ2) is 9.24. The molecule has 0 fully saturated rings. The van der Waals surface area contributed by atoms with Crippen molar-refractivity contribution in [3.05, 3.63) is 82.7 Å². The molecule has 0 aliphatic rings. The van der Waals surface area contributed by atoms with Crippen LogP contribution in [0.4, 0.5) is 5.00 Å². The van der Waals surface area contributed by atoms with E-state index in [2.05, 4.69) is 5.32 Å². The van der Waals surface area contributed by atoms with Gasteiger partial charge in [0, 0.05) is 10.9 Å². The second-order valence-corrected chi connectivity index (χ2v) is 8.33. The van der Waals surface area contributed by atoms with Gasteiger partial charge in [0.05, 0.1) is 7.11 Å². The topological polar surface area (TPSA) is 64.6 Å². The SMILES string of the molecule is COC(=O)c1c(-c2cccc3ccccc23)csc1NC(=O)COc1ccc(C)c(C)c1. The lowest BCUT2D eigenvalue weighted by molar-refractivity contribution is -0.118. The van der Waals surface area contributed by atoms with E-state index in [0.29, 0.717) is 16.3 Å². The van der Waals surface area contributed by atoms with Gasteiger partial charge in [-0.05, 0) is 53.4 Å². The third kappa shape index (κ3) is 4.36. The van der Waals surface area contributed by atoms with Crippen molar-refractivity contribution in [1.29, 1.82) is 0 Å². The molecule has 0 bridgehead atoms. The second-order valence-electron chi connectivity index (χ2n) is 7.45. The largest absolute Gasteiger partial charge is 0.484 e. The Kier molecular flexibility index (Phi) is 6.23. The number of esters is 1. The van der Waals surface area contributed by atoms with Crippen LogP contribution in [0.25, 0.3) is 21.9 Å². The Morgan fingerprint density at radius 2 is 1.72 bits per heavy atom. The molecule has 0 spiro atoms. The van der Waals surface area contributed by atoms with Crippen LogP contribution < -0.4 is 10.1 Å². The number of benzene rings is 3. The van der Waals surface area contributed by atoms with E-state index >= 15 is 0 Å². The molecule has 1 heterocycles. The van der Waals surface area contributed by atoms with Crippen molar-refractivity contribution >= 4 is 39.0 Å². The van der Waals surface area contributed by atoms with Crippen molar-refractivity contribution in [2.24, 2.45) is 0 Å². The highest BCUT2D eigenvalue weighted by Gasteiger charge is 2.23. The molecule has 1 N–H and O–H groups in total. The zero-order chi connectivity index (χ0) is 22.7. The highest BCUT2D eigenvalue weighted by atomic mass is 32.1. The first-order valence-electron chi connectivity index (χ1n) is 10.2. The maximum absolute atomic E-state index is 12.7. The molecule has 5 nitrogen and oxygen atoms in total. The minimum absolute atomic E-state index is 0.162. The number of hydrogen-bond donors (Lipinski definition) is 1. The summed E-state index contributed by atoms with van der Waals surface area (Å²) in [7, 11) is 1.33. The number of carbonyl (C=O) groups is 2. The Labute approximate surface area is 190 Å². The summed E-state index contributed by atoms with van der Waals surface area (Å²) in [6.45, 7) is 3.85. The van der Waals surface area contributed by atoms with Gasteiger partial charge >= 0.3 is 5.97 Å². The van der Waals surface area contributed by atoms with Crippen LogP contribution in [0.15, 0.2) is 66.0 Å². The molecule has 32 heavy (non-hydrogen) atoms. The molecular weight excluding hydrogens is 422 g/mol. The first-order chi connectivity index (χ1) is 15.5. The van der Waals surface area contributed by atoms with Crippen LogP contribution in [0.3, 0.4) is 0 Å². The first-order valence-corrected chi connectivity index (χ1v) is 11.0. The van der Waals surface area contributed by atoms with Gasteiger partial charge in [-0.2, -0.15) is 0 Å². The summed E-state index contributed by atoms with van der Waals surface area (Å²) < 4.78 is 10.7. The maximum Gasteiger partial charge on any atom is 0.341 e. The summed E-state index contributed by atoms with van der Waals surface area (Å²) in [6, 6.07) is 19.6. The van der Waals surface area contributed by atoms with Crippen molar-refractivity contribution in [2.45, 2.75) is 13.8 Å². The number of thiophene rings is 1. The Hall–Kier alpha value is -3.64. The van der Waals surface area contributed by atoms with Gasteiger partial charge in [-0.3, -0.25) is 4.79 Å². The van der Waals surface area contributed by atoms with E-state index in [4.69, 9.17) is 9.47 Å². The summed E-state index contributed by atoms with van der Waals surface area (Å²) in [5.41, 5.74) is 4.22. The van der Waals surface area contributed by atoms with E-state index in [1.807, 2.05) is 79.9 Å². The highest BCUT2D eigenvalue weighted by Crippen LogP contribution is 2.39. The van der Waals surface area contributed by atoms with Crippen LogP contribution in [0.5, 0.6) is 5.75 Å². The molecule has 4 aromatic rings. The van der Waals surface area contributed by atoms with E-state index in [9.17, 15) is 9.59 Å². The minimum Gasteiger partial charge on any atom is -0.484 e. The standard InChI is InChI=1S/C26H23NO4S/c1-16-11-12-19(13-17(16)2)31-14-23(28)27-25-24(26(29)30-3)22(15-32-25)21-10-6-8-18-7-4-5-9-20(18)21/h4-13,15H,14H2,1-3H3,(H,27,28). The fraction of sp³-hybridized carbons (Fsp3) is 0.154. The molecule has 1 amide bonds. The molecule has 6 heteroatoms. The number of carbonyl (C=O) groups excluding carboxylic acids is 2. The van der Waals surface area contributed by atoms with Crippen LogP contribution >= 0.6 is 11.3 Å². The van der Waals surface area contributed by atoms with Gasteiger partial charge in [-0.25, -0.2) is 4.79 Å². The van der Waals surface area contributed by atoms with Gasteiger partial charge < -0.3 is 14.8 Å². The van der Waals surface area contributed by atoms with Crippen LogP contribution in [0.1, 0.15) is 21.5 Å². The first kappa shape index (κ1) is 21.6. The Morgan fingerprint density at radius 3 is 2.50 bits per heavy atom. The lowest BCUT2D eigenvalue weighted by Gasteiger charge is -2.11. The number of aryl methyl sites for hydroxylation is 2. The van der Waals surface area contributed by atoms with Gasteiger partial charge in [-0.1, -0.05) is 48.5 Å². The number of hydrogen-bond acceptors (Lipinski definition) is 5. The third-order valence-corrected chi connectivity index (χ3v) is 6.26. The van der Waals surface area contributed by atoms with E-state index in [0.717, 1.165) is 33.0 Å². The molecular formula is C26H23NO4S. The molecule has 4 rings (SSSR count). The number of amides is 1. The average Bonchev–Trinajstić information content (AvgIpc) is 3.22. The van der Waals surface area contributed by atoms with Gasteiger partial charge in [0.2, 0.25) is 0 Å². The van der Waals surface area contributed by atoms with Crippen molar-refractivity contribution in [1.82, 2.24) is 0 Å². The zero-order valence-electron chi connectivity index (χ0n) is 18.1. The van der Waals surface area contributed by atoms with E-state index in [1.165, 1.54) is 18.4 Å². The molecule has 3 aromatic carbocycles. The fourth-order valence-electron chi connectivity index (χ4n) is 3.53. The summed E-state index contributed by atoms with van der Waals surface area (Å²) in [4.78, 5) is 25.2. The van der Waals surface area contributed by atoms with Gasteiger partial charge in [0.1, 0.15) is 16.3 Å². The number of fused-ring (bicyclic) bond motifs is 1. The molecule has 0 atom stereocenters. The lowest BCUT2D eigenvalue weighted by atomic mass is 9.97.